The van der Waals surface area contributed by atoms with E-state index in [2.05, 4.69) is 22.2 Å². The van der Waals surface area contributed by atoms with Crippen LogP contribution in [-0.4, -0.2) is 39.3 Å². The lowest BCUT2D eigenvalue weighted by molar-refractivity contribution is 0.128. The summed E-state index contributed by atoms with van der Waals surface area (Å²) < 4.78 is 16.1. The number of nitrogens with one attached hydrogen (secondary N) is 2. The second kappa shape index (κ2) is 11.8. The van der Waals surface area contributed by atoms with E-state index in [1.54, 1.807) is 19.4 Å². The summed E-state index contributed by atoms with van der Waals surface area (Å²) in [6, 6.07) is 11.7. The first-order valence-corrected chi connectivity index (χ1v) is 8.68. The molecular formula is C20H27N3O3. The summed E-state index contributed by atoms with van der Waals surface area (Å²) in [5, 5.41) is 6.47. The summed E-state index contributed by atoms with van der Waals surface area (Å²) in [6.45, 7) is 6.78. The molecule has 6 nitrogen and oxygen atoms in total. The molecule has 0 fully saturated rings. The Morgan fingerprint density at radius 3 is 2.77 bits per heavy atom. The fourth-order valence-corrected chi connectivity index (χ4v) is 2.24. The number of aliphatic imine (C=N–C) groups is 1. The number of ether oxygens (including phenoxy) is 2. The van der Waals surface area contributed by atoms with Crippen molar-refractivity contribution in [3.05, 3.63) is 66.6 Å². The van der Waals surface area contributed by atoms with Gasteiger partial charge in [-0.15, -0.1) is 6.58 Å². The van der Waals surface area contributed by atoms with Gasteiger partial charge in [-0.2, -0.15) is 0 Å². The molecule has 0 atom stereocenters. The molecule has 2 rings (SSSR count). The van der Waals surface area contributed by atoms with Gasteiger partial charge in [0.05, 0.1) is 33.1 Å². The molecule has 6 heteroatoms. The summed E-state index contributed by atoms with van der Waals surface area (Å²) in [7, 11) is 1.66. The topological polar surface area (TPSA) is 68.0 Å². The molecular weight excluding hydrogens is 330 g/mol. The zero-order valence-corrected chi connectivity index (χ0v) is 15.2. The van der Waals surface area contributed by atoms with E-state index >= 15 is 0 Å². The van der Waals surface area contributed by atoms with Gasteiger partial charge < -0.3 is 24.5 Å². The molecule has 0 aliphatic rings. The van der Waals surface area contributed by atoms with Crippen molar-refractivity contribution in [2.24, 2.45) is 4.99 Å². The third kappa shape index (κ3) is 7.44. The first kappa shape index (κ1) is 19.6. The molecule has 0 saturated heterocycles. The fraction of sp³-hybridized carbons (Fsp3) is 0.350. The molecule has 26 heavy (non-hydrogen) atoms. The van der Waals surface area contributed by atoms with Gasteiger partial charge in [-0.3, -0.25) is 4.99 Å². The molecule has 0 radical (unpaired) electrons. The van der Waals surface area contributed by atoms with E-state index in [4.69, 9.17) is 13.9 Å². The molecule has 0 bridgehead atoms. The lowest BCUT2D eigenvalue weighted by Gasteiger charge is -2.11. The van der Waals surface area contributed by atoms with E-state index in [1.807, 2.05) is 36.4 Å². The van der Waals surface area contributed by atoms with Crippen molar-refractivity contribution in [3.63, 3.8) is 0 Å². The van der Waals surface area contributed by atoms with E-state index in [0.29, 0.717) is 26.3 Å². The highest BCUT2D eigenvalue weighted by molar-refractivity contribution is 5.79. The van der Waals surface area contributed by atoms with E-state index in [1.165, 1.54) is 0 Å². The van der Waals surface area contributed by atoms with Crippen LogP contribution in [0.1, 0.15) is 11.3 Å². The summed E-state index contributed by atoms with van der Waals surface area (Å²) in [6.07, 6.45) is 4.28. The normalized spacial score (nSPS) is 11.2. The third-order valence-corrected chi connectivity index (χ3v) is 3.59. The van der Waals surface area contributed by atoms with Gasteiger partial charge in [0, 0.05) is 19.5 Å². The molecule has 2 N–H and O–H groups in total. The highest BCUT2D eigenvalue weighted by Crippen LogP contribution is 2.11. The van der Waals surface area contributed by atoms with Crippen molar-refractivity contribution in [2.75, 3.05) is 33.4 Å². The summed E-state index contributed by atoms with van der Waals surface area (Å²) in [5.74, 6) is 2.53. The van der Waals surface area contributed by atoms with Crippen LogP contribution in [0.2, 0.25) is 0 Å². The Bertz CT molecular complexity index is 651. The van der Waals surface area contributed by atoms with Gasteiger partial charge in [-0.25, -0.2) is 0 Å². The van der Waals surface area contributed by atoms with Gasteiger partial charge in [0.15, 0.2) is 5.96 Å². The lowest BCUT2D eigenvalue weighted by atomic mass is 10.2. The molecule has 140 valence electrons. The average molecular weight is 357 g/mol. The second-order valence-electron chi connectivity index (χ2n) is 5.56. The molecule has 0 aliphatic heterocycles. The van der Waals surface area contributed by atoms with Crippen molar-refractivity contribution < 1.29 is 13.9 Å². The Balaban J connectivity index is 1.68. The molecule has 0 unspecified atom stereocenters. The second-order valence-corrected chi connectivity index (χ2v) is 5.56. The number of methoxy groups -OCH3 is 1. The fourth-order valence-electron chi connectivity index (χ4n) is 2.24. The number of benzene rings is 1. The summed E-state index contributed by atoms with van der Waals surface area (Å²) in [5.41, 5.74) is 1.11. The van der Waals surface area contributed by atoms with Crippen LogP contribution in [0.5, 0.6) is 5.75 Å². The maximum atomic E-state index is 5.67. The summed E-state index contributed by atoms with van der Waals surface area (Å²) in [4.78, 5) is 4.51. The van der Waals surface area contributed by atoms with E-state index in [9.17, 15) is 0 Å². The van der Waals surface area contributed by atoms with Gasteiger partial charge >= 0.3 is 0 Å². The van der Waals surface area contributed by atoms with Gasteiger partial charge in [0.2, 0.25) is 0 Å². The van der Waals surface area contributed by atoms with Crippen molar-refractivity contribution >= 4 is 5.96 Å². The Morgan fingerprint density at radius 2 is 2.08 bits per heavy atom. The maximum absolute atomic E-state index is 5.67. The quantitative estimate of drug-likeness (QED) is 0.280. The predicted octanol–water partition coefficient (Wildman–Crippen LogP) is 2.77. The van der Waals surface area contributed by atoms with E-state index in [0.717, 1.165) is 36.0 Å². The molecule has 2 aromatic rings. The molecule has 0 amide bonds. The molecule has 1 heterocycles. The zero-order valence-electron chi connectivity index (χ0n) is 15.2. The van der Waals surface area contributed by atoms with Gasteiger partial charge in [0.25, 0.3) is 0 Å². The Morgan fingerprint density at radius 1 is 1.23 bits per heavy atom. The molecule has 0 aliphatic carbocycles. The van der Waals surface area contributed by atoms with Crippen LogP contribution in [0, 0.1) is 0 Å². The van der Waals surface area contributed by atoms with Crippen LogP contribution in [0.4, 0.5) is 0 Å². The standard InChI is InChI=1S/C20H27N3O3/c1-3-11-21-20(22-12-10-19-5-4-14-26-19)23-13-15-25-16-17-6-8-18(24-2)9-7-17/h3-9,14H,1,10-13,15-16H2,2H3,(H2,21,22,23). The summed E-state index contributed by atoms with van der Waals surface area (Å²) >= 11 is 0. The number of nitrogens with zero attached hydrogens (tertiary/aromatic N) is 1. The van der Waals surface area contributed by atoms with Crippen LogP contribution < -0.4 is 15.4 Å². The van der Waals surface area contributed by atoms with Gasteiger partial charge in [-0.05, 0) is 29.8 Å². The minimum absolute atomic E-state index is 0.547. The lowest BCUT2D eigenvalue weighted by Crippen LogP contribution is -2.38. The van der Waals surface area contributed by atoms with Gasteiger partial charge in [-0.1, -0.05) is 18.2 Å². The van der Waals surface area contributed by atoms with Crippen molar-refractivity contribution in [3.8, 4) is 5.75 Å². The first-order valence-electron chi connectivity index (χ1n) is 8.68. The van der Waals surface area contributed by atoms with Crippen LogP contribution >= 0.6 is 0 Å². The highest BCUT2D eigenvalue weighted by atomic mass is 16.5. The van der Waals surface area contributed by atoms with Crippen LogP contribution in [0.3, 0.4) is 0 Å². The molecule has 1 aromatic heterocycles. The number of furan rings is 1. The average Bonchev–Trinajstić information content (AvgIpc) is 3.19. The molecule has 0 spiro atoms. The van der Waals surface area contributed by atoms with Crippen LogP contribution in [0.15, 0.2) is 64.7 Å². The zero-order chi connectivity index (χ0) is 18.5. The number of guanidine groups is 1. The minimum Gasteiger partial charge on any atom is -0.497 e. The third-order valence-electron chi connectivity index (χ3n) is 3.59. The van der Waals surface area contributed by atoms with Gasteiger partial charge in [0.1, 0.15) is 11.5 Å². The van der Waals surface area contributed by atoms with E-state index in [-0.39, 0.29) is 0 Å². The Labute approximate surface area is 154 Å². The molecule has 1 aromatic carbocycles. The Kier molecular flexibility index (Phi) is 8.86. The number of hydrogen-bond donors (Lipinski definition) is 2. The van der Waals surface area contributed by atoms with Crippen molar-refractivity contribution in [1.29, 1.82) is 0 Å². The van der Waals surface area contributed by atoms with Crippen LogP contribution in [0.25, 0.3) is 0 Å². The highest BCUT2D eigenvalue weighted by Gasteiger charge is 2.00. The molecule has 0 saturated carbocycles. The number of rotatable bonds is 11. The largest absolute Gasteiger partial charge is 0.497 e. The smallest absolute Gasteiger partial charge is 0.191 e. The Hall–Kier alpha value is -2.73. The maximum Gasteiger partial charge on any atom is 0.191 e. The first-order chi connectivity index (χ1) is 12.8. The SMILES string of the molecule is C=CCNC(=NCCOCc1ccc(OC)cc1)NCCc1ccco1. The van der Waals surface area contributed by atoms with Crippen molar-refractivity contribution in [1.82, 2.24) is 10.6 Å². The predicted molar refractivity (Wildman–Crippen MR) is 104 cm³/mol. The van der Waals surface area contributed by atoms with Crippen molar-refractivity contribution in [2.45, 2.75) is 13.0 Å². The minimum atomic E-state index is 0.547. The monoisotopic (exact) mass is 357 g/mol. The van der Waals surface area contributed by atoms with Crippen LogP contribution in [-0.2, 0) is 17.8 Å². The van der Waals surface area contributed by atoms with E-state index < -0.39 is 0 Å². The number of hydrogen-bond acceptors (Lipinski definition) is 4.